The molecule has 0 unspecified atom stereocenters. The molecule has 1 aromatic rings. The van der Waals surface area contributed by atoms with Crippen molar-refractivity contribution in [2.75, 3.05) is 19.6 Å². The monoisotopic (exact) mass is 281 g/mol. The van der Waals surface area contributed by atoms with Crippen LogP contribution in [0.5, 0.6) is 0 Å². The molecule has 3 heterocycles. The van der Waals surface area contributed by atoms with Crippen molar-refractivity contribution in [3.63, 3.8) is 0 Å². The lowest BCUT2D eigenvalue weighted by molar-refractivity contribution is -0.117. The van der Waals surface area contributed by atoms with Crippen molar-refractivity contribution in [2.24, 2.45) is 5.92 Å². The summed E-state index contributed by atoms with van der Waals surface area (Å²) in [7, 11) is 0. The number of fused-ring (bicyclic) bond motifs is 3. The number of hydrogen-bond acceptors (Lipinski definition) is 2. The molecule has 3 saturated heterocycles. The van der Waals surface area contributed by atoms with E-state index in [2.05, 4.69) is 20.8 Å². The second kappa shape index (κ2) is 3.83. The van der Waals surface area contributed by atoms with Gasteiger partial charge in [-0.25, -0.2) is 0 Å². The fourth-order valence-corrected chi connectivity index (χ4v) is 3.37. The van der Waals surface area contributed by atoms with Gasteiger partial charge < -0.3 is 10.0 Å². The first-order chi connectivity index (χ1) is 7.68. The molecule has 0 aliphatic carbocycles. The summed E-state index contributed by atoms with van der Waals surface area (Å²) in [6.07, 6.45) is 2.26. The summed E-state index contributed by atoms with van der Waals surface area (Å²) in [5, 5.41) is 10.9. The summed E-state index contributed by atoms with van der Waals surface area (Å²) in [5.41, 5.74) is 0.460. The molecule has 0 amide bonds. The third kappa shape index (κ3) is 1.62. The summed E-state index contributed by atoms with van der Waals surface area (Å²) < 4.78 is 1.07. The van der Waals surface area contributed by atoms with Gasteiger partial charge in [-0.05, 0) is 49.5 Å². The molecular weight excluding hydrogens is 266 g/mol. The van der Waals surface area contributed by atoms with Crippen LogP contribution in [0.25, 0.3) is 0 Å². The lowest BCUT2D eigenvalue weighted by Gasteiger charge is -2.50. The van der Waals surface area contributed by atoms with E-state index in [4.69, 9.17) is 0 Å². The van der Waals surface area contributed by atoms with E-state index in [-0.39, 0.29) is 0 Å². The Hall–Kier alpha value is -0.380. The molecule has 0 spiro atoms. The van der Waals surface area contributed by atoms with Crippen LogP contribution in [0.1, 0.15) is 18.4 Å². The Labute approximate surface area is 104 Å². The molecule has 3 heteroatoms. The number of nitrogens with zero attached hydrogens (tertiary/aromatic N) is 1. The van der Waals surface area contributed by atoms with Crippen LogP contribution in [0.4, 0.5) is 0 Å². The molecule has 0 saturated carbocycles. The summed E-state index contributed by atoms with van der Waals surface area (Å²) >= 11 is 3.44. The maximum Gasteiger partial charge on any atom is 0.105 e. The second-order valence-electron chi connectivity index (χ2n) is 4.98. The van der Waals surface area contributed by atoms with E-state index < -0.39 is 5.60 Å². The highest BCUT2D eigenvalue weighted by molar-refractivity contribution is 9.10. The van der Waals surface area contributed by atoms with E-state index in [1.54, 1.807) is 0 Å². The molecular formula is C13H16BrNO. The first-order valence-electron chi connectivity index (χ1n) is 5.89. The van der Waals surface area contributed by atoms with Crippen molar-refractivity contribution < 1.29 is 5.11 Å². The lowest BCUT2D eigenvalue weighted by atomic mass is 9.72. The summed E-state index contributed by atoms with van der Waals surface area (Å²) in [6, 6.07) is 8.13. The van der Waals surface area contributed by atoms with E-state index in [0.29, 0.717) is 5.92 Å². The highest BCUT2D eigenvalue weighted by Gasteiger charge is 2.46. The Bertz CT molecular complexity index is 383. The van der Waals surface area contributed by atoms with E-state index in [1.807, 2.05) is 24.3 Å². The van der Waals surface area contributed by atoms with Crippen LogP contribution >= 0.6 is 15.9 Å². The van der Waals surface area contributed by atoms with Crippen molar-refractivity contribution in [1.82, 2.24) is 4.90 Å². The molecule has 2 nitrogen and oxygen atoms in total. The number of rotatable bonds is 1. The average Bonchev–Trinajstić information content (AvgIpc) is 2.31. The molecule has 86 valence electrons. The molecule has 0 aromatic heterocycles. The predicted molar refractivity (Wildman–Crippen MR) is 67.2 cm³/mol. The minimum Gasteiger partial charge on any atom is -0.384 e. The van der Waals surface area contributed by atoms with E-state index in [9.17, 15) is 5.11 Å². The van der Waals surface area contributed by atoms with E-state index in [0.717, 1.165) is 42.5 Å². The molecule has 1 atom stereocenters. The fraction of sp³-hybridized carbons (Fsp3) is 0.538. The first kappa shape index (κ1) is 10.8. The van der Waals surface area contributed by atoms with Gasteiger partial charge in [0, 0.05) is 11.0 Å². The molecule has 4 rings (SSSR count). The summed E-state index contributed by atoms with van der Waals surface area (Å²) in [5.74, 6) is 0.443. The first-order valence-corrected chi connectivity index (χ1v) is 6.68. The average molecular weight is 282 g/mol. The predicted octanol–water partition coefficient (Wildman–Crippen LogP) is 2.36. The van der Waals surface area contributed by atoms with Crippen molar-refractivity contribution in [3.8, 4) is 0 Å². The van der Waals surface area contributed by atoms with Crippen molar-refractivity contribution in [1.29, 1.82) is 0 Å². The number of hydrogen-bond donors (Lipinski definition) is 1. The number of benzene rings is 1. The molecule has 3 aliphatic heterocycles. The maximum absolute atomic E-state index is 10.9. The Morgan fingerprint density at radius 3 is 2.31 bits per heavy atom. The summed E-state index contributed by atoms with van der Waals surface area (Å²) in [6.45, 7) is 3.12. The van der Waals surface area contributed by atoms with Gasteiger partial charge in [-0.3, -0.25) is 0 Å². The van der Waals surface area contributed by atoms with Gasteiger partial charge in [0.25, 0.3) is 0 Å². The van der Waals surface area contributed by atoms with Gasteiger partial charge in [0.2, 0.25) is 0 Å². The quantitative estimate of drug-likeness (QED) is 0.854. The van der Waals surface area contributed by atoms with Gasteiger partial charge in [0.1, 0.15) is 5.60 Å². The number of aliphatic hydroxyl groups is 1. The largest absolute Gasteiger partial charge is 0.384 e. The second-order valence-corrected chi connectivity index (χ2v) is 5.90. The number of piperidine rings is 3. The Morgan fingerprint density at radius 1 is 1.19 bits per heavy atom. The van der Waals surface area contributed by atoms with Gasteiger partial charge in [-0.15, -0.1) is 0 Å². The van der Waals surface area contributed by atoms with E-state index >= 15 is 0 Å². The zero-order valence-corrected chi connectivity index (χ0v) is 10.8. The van der Waals surface area contributed by atoms with Crippen molar-refractivity contribution in [3.05, 3.63) is 34.3 Å². The minimum atomic E-state index is -0.614. The normalized spacial score (nSPS) is 37.6. The number of halogens is 1. The van der Waals surface area contributed by atoms with Gasteiger partial charge in [-0.2, -0.15) is 0 Å². The van der Waals surface area contributed by atoms with Crippen LogP contribution in [-0.4, -0.2) is 29.6 Å². The smallest absolute Gasteiger partial charge is 0.105 e. The molecule has 3 fully saturated rings. The van der Waals surface area contributed by atoms with Crippen LogP contribution < -0.4 is 0 Å². The van der Waals surface area contributed by atoms with E-state index in [1.165, 1.54) is 0 Å². The molecule has 0 radical (unpaired) electrons. The topological polar surface area (TPSA) is 23.5 Å². The third-order valence-corrected chi connectivity index (χ3v) is 4.60. The van der Waals surface area contributed by atoms with Crippen LogP contribution in [-0.2, 0) is 5.60 Å². The minimum absolute atomic E-state index is 0.443. The molecule has 2 bridgehead atoms. The maximum atomic E-state index is 10.9. The zero-order chi connectivity index (χ0) is 11.2. The van der Waals surface area contributed by atoms with Gasteiger partial charge in [0.05, 0.1) is 0 Å². The van der Waals surface area contributed by atoms with Crippen LogP contribution in [0, 0.1) is 5.92 Å². The standard InChI is InChI=1S/C13H16BrNO/c14-12-3-1-10(2-4-12)13(16)9-15-7-5-11(13)6-8-15/h1-4,11,16H,5-9H2/t13-/m1/s1. The van der Waals surface area contributed by atoms with Crippen LogP contribution in [0.3, 0.4) is 0 Å². The summed E-state index contributed by atoms with van der Waals surface area (Å²) in [4.78, 5) is 2.38. The van der Waals surface area contributed by atoms with Crippen molar-refractivity contribution in [2.45, 2.75) is 18.4 Å². The zero-order valence-electron chi connectivity index (χ0n) is 9.19. The molecule has 16 heavy (non-hydrogen) atoms. The highest BCUT2D eigenvalue weighted by atomic mass is 79.9. The molecule has 1 N–H and O–H groups in total. The molecule has 1 aromatic carbocycles. The van der Waals surface area contributed by atoms with Crippen LogP contribution in [0.2, 0.25) is 0 Å². The van der Waals surface area contributed by atoms with Crippen molar-refractivity contribution >= 4 is 15.9 Å². The molecule has 3 aliphatic rings. The van der Waals surface area contributed by atoms with Gasteiger partial charge in [-0.1, -0.05) is 28.1 Å². The fourth-order valence-electron chi connectivity index (χ4n) is 3.10. The Morgan fingerprint density at radius 2 is 1.81 bits per heavy atom. The SMILES string of the molecule is O[C@@]1(c2ccc(Br)cc2)CN2CCC1CC2. The third-order valence-electron chi connectivity index (χ3n) is 4.07. The van der Waals surface area contributed by atoms with Crippen LogP contribution in [0.15, 0.2) is 28.7 Å². The van der Waals surface area contributed by atoms with Gasteiger partial charge >= 0.3 is 0 Å². The van der Waals surface area contributed by atoms with Gasteiger partial charge in [0.15, 0.2) is 0 Å². The Balaban J connectivity index is 1.95. The Kier molecular flexibility index (Phi) is 2.57. The highest BCUT2D eigenvalue weighted by Crippen LogP contribution is 2.42. The lowest BCUT2D eigenvalue weighted by Crippen LogP contribution is -2.57.